The van der Waals surface area contributed by atoms with E-state index in [0.29, 0.717) is 31.5 Å². The molecule has 0 aromatic carbocycles. The number of esters is 1. The van der Waals surface area contributed by atoms with Crippen LogP contribution in [0, 0.1) is 28.6 Å². The Balaban J connectivity index is 1.47. The molecule has 6 heteroatoms. The maximum atomic E-state index is 13.2. The minimum absolute atomic E-state index is 0.0145. The lowest BCUT2D eigenvalue weighted by molar-refractivity contribution is -0.215. The topological polar surface area (TPSA) is 104 Å². The second-order valence-corrected chi connectivity index (χ2v) is 12.4. The van der Waals surface area contributed by atoms with Crippen LogP contribution in [0.15, 0.2) is 22.8 Å². The molecule has 5 aliphatic rings. The summed E-state index contributed by atoms with van der Waals surface area (Å²) in [4.78, 5) is 25.7. The number of hydrogen-bond donors (Lipinski definition) is 3. The van der Waals surface area contributed by atoms with Gasteiger partial charge in [-0.2, -0.15) is 0 Å². The van der Waals surface area contributed by atoms with E-state index in [9.17, 15) is 24.9 Å². The van der Waals surface area contributed by atoms with Gasteiger partial charge in [0, 0.05) is 18.3 Å². The van der Waals surface area contributed by atoms with Crippen molar-refractivity contribution in [1.29, 1.82) is 0 Å². The highest BCUT2D eigenvalue weighted by atomic mass is 16.6. The summed E-state index contributed by atoms with van der Waals surface area (Å²) in [6.07, 6.45) is 8.03. The van der Waals surface area contributed by atoms with Crippen LogP contribution in [-0.2, 0) is 14.3 Å². The summed E-state index contributed by atoms with van der Waals surface area (Å²) in [5.74, 6) is -0.365. The Bertz CT molecular complexity index is 977. The summed E-state index contributed by atoms with van der Waals surface area (Å²) in [7, 11) is 0. The van der Waals surface area contributed by atoms with E-state index in [1.165, 1.54) is 5.57 Å². The zero-order chi connectivity index (χ0) is 24.7. The van der Waals surface area contributed by atoms with Gasteiger partial charge in [0.2, 0.25) is 0 Å². The monoisotopic (exact) mass is 472 g/mol. The molecule has 3 fully saturated rings. The average Bonchev–Trinajstić information content (AvgIpc) is 3.06. The van der Waals surface area contributed by atoms with Gasteiger partial charge in [-0.15, -0.1) is 0 Å². The average molecular weight is 473 g/mol. The maximum absolute atomic E-state index is 13.2. The van der Waals surface area contributed by atoms with Crippen molar-refractivity contribution in [3.05, 3.63) is 22.8 Å². The molecule has 6 nitrogen and oxygen atoms in total. The fourth-order valence-corrected chi connectivity index (χ4v) is 8.98. The number of rotatable bonds is 3. The second-order valence-electron chi connectivity index (χ2n) is 12.4. The van der Waals surface area contributed by atoms with Crippen LogP contribution in [0.1, 0.15) is 85.5 Å². The number of carbonyl (C=O) groups excluding carboxylic acids is 2. The van der Waals surface area contributed by atoms with Gasteiger partial charge in [0.05, 0.1) is 23.2 Å². The number of ether oxygens (including phenoxy) is 1. The Morgan fingerprint density at radius 2 is 1.88 bits per heavy atom. The molecule has 3 unspecified atom stereocenters. The minimum atomic E-state index is -1.32. The van der Waals surface area contributed by atoms with E-state index in [1.807, 2.05) is 0 Å². The Morgan fingerprint density at radius 1 is 1.15 bits per heavy atom. The Morgan fingerprint density at radius 3 is 2.56 bits per heavy atom. The predicted octanol–water partition coefficient (Wildman–Crippen LogP) is 3.62. The molecule has 1 heterocycles. The number of aliphatic hydroxyl groups is 3. The highest BCUT2D eigenvalue weighted by Crippen LogP contribution is 2.69. The molecule has 0 spiro atoms. The van der Waals surface area contributed by atoms with E-state index in [2.05, 4.69) is 19.9 Å². The van der Waals surface area contributed by atoms with Crippen LogP contribution in [0.3, 0.4) is 0 Å². The number of allylic oxidation sites excluding steroid dienone is 2. The second kappa shape index (κ2) is 7.75. The molecular weight excluding hydrogens is 432 g/mol. The van der Waals surface area contributed by atoms with E-state index in [-0.39, 0.29) is 29.9 Å². The molecule has 34 heavy (non-hydrogen) atoms. The van der Waals surface area contributed by atoms with Crippen molar-refractivity contribution in [3.63, 3.8) is 0 Å². The maximum Gasteiger partial charge on any atom is 0.336 e. The van der Waals surface area contributed by atoms with Crippen LogP contribution >= 0.6 is 0 Å². The largest absolute Gasteiger partial charge is 0.456 e. The van der Waals surface area contributed by atoms with Gasteiger partial charge in [-0.25, -0.2) is 4.79 Å². The van der Waals surface area contributed by atoms with E-state index in [1.54, 1.807) is 13.8 Å². The zero-order valence-corrected chi connectivity index (χ0v) is 21.0. The lowest BCUT2D eigenvalue weighted by Gasteiger charge is -2.61. The number of cyclic esters (lactones) is 1. The van der Waals surface area contributed by atoms with Crippen LogP contribution in [0.4, 0.5) is 0 Å². The number of carbonyl (C=O) groups is 2. The van der Waals surface area contributed by atoms with E-state index in [4.69, 9.17) is 4.74 Å². The molecule has 0 aromatic heterocycles. The van der Waals surface area contributed by atoms with E-state index in [0.717, 1.165) is 37.7 Å². The number of fused-ring (bicyclic) bond motifs is 5. The van der Waals surface area contributed by atoms with Crippen molar-refractivity contribution in [2.45, 2.75) is 103 Å². The number of ketones is 1. The zero-order valence-electron chi connectivity index (χ0n) is 21.0. The fraction of sp³-hybridized carbons (Fsp3) is 0.786. The van der Waals surface area contributed by atoms with Gasteiger partial charge in [0.15, 0.2) is 0 Å². The molecule has 8 atom stereocenters. The van der Waals surface area contributed by atoms with Crippen molar-refractivity contribution in [2.75, 3.05) is 6.61 Å². The highest BCUT2D eigenvalue weighted by molar-refractivity contribution is 5.90. The van der Waals surface area contributed by atoms with E-state index >= 15 is 0 Å². The molecule has 4 aliphatic carbocycles. The smallest absolute Gasteiger partial charge is 0.336 e. The van der Waals surface area contributed by atoms with Crippen molar-refractivity contribution >= 4 is 11.8 Å². The summed E-state index contributed by atoms with van der Waals surface area (Å²) in [5.41, 5.74) is -1.01. The molecule has 3 saturated carbocycles. The molecule has 0 radical (unpaired) electrons. The molecule has 0 bridgehead atoms. The lowest BCUT2D eigenvalue weighted by Crippen LogP contribution is -2.64. The van der Waals surface area contributed by atoms with Gasteiger partial charge in [-0.1, -0.05) is 24.1 Å². The molecule has 0 aromatic rings. The predicted molar refractivity (Wildman–Crippen MR) is 127 cm³/mol. The van der Waals surface area contributed by atoms with Crippen LogP contribution in [0.25, 0.3) is 0 Å². The third-order valence-corrected chi connectivity index (χ3v) is 11.1. The van der Waals surface area contributed by atoms with Gasteiger partial charge >= 0.3 is 5.97 Å². The molecular formula is C28H40O6. The molecule has 1 aliphatic heterocycles. The van der Waals surface area contributed by atoms with Gasteiger partial charge in [-0.05, 0) is 83.5 Å². The van der Waals surface area contributed by atoms with Crippen molar-refractivity contribution in [3.8, 4) is 0 Å². The lowest BCUT2D eigenvalue weighted by atomic mass is 9.45. The molecule has 5 rings (SSSR count). The number of aliphatic hydroxyl groups excluding tert-OH is 1. The minimum Gasteiger partial charge on any atom is -0.456 e. The SMILES string of the molecule is CC1=C(CO)C(=O)O[C@@H]([C@](C)(O)C2CC[C@@]3(O)C4CC=C5CCCC(=O)[C@]5(C)C4CC[C@]23C)C1. The summed E-state index contributed by atoms with van der Waals surface area (Å²) in [5, 5.41) is 33.8. The Hall–Kier alpha value is -1.50. The number of Topliss-reactive ketones (excluding diaryl/α,β-unsaturated/α-hetero) is 1. The van der Waals surface area contributed by atoms with Gasteiger partial charge in [-0.3, -0.25) is 4.79 Å². The number of hydrogen-bond acceptors (Lipinski definition) is 6. The third kappa shape index (κ3) is 2.97. The standard InChI is InChI=1S/C28H40O6/c1-16-14-23(34-24(31)18(16)15-29)27(4,32)21-11-13-28(33)20-9-8-17-6-5-7-22(30)26(17,3)19(20)10-12-25(21,28)2/h8,19-21,23,29,32-33H,5-7,9-15H2,1-4H3/t19?,20?,21?,23-,25-,26+,27-,28-/m1/s1. The normalized spacial score (nSPS) is 46.1. The summed E-state index contributed by atoms with van der Waals surface area (Å²) < 4.78 is 5.66. The molecule has 0 saturated heterocycles. The first-order valence-corrected chi connectivity index (χ1v) is 13.1. The first-order valence-electron chi connectivity index (χ1n) is 13.1. The molecule has 3 N–H and O–H groups in total. The summed E-state index contributed by atoms with van der Waals surface area (Å²) >= 11 is 0. The summed E-state index contributed by atoms with van der Waals surface area (Å²) in [6.45, 7) is 7.41. The fourth-order valence-electron chi connectivity index (χ4n) is 8.98. The van der Waals surface area contributed by atoms with Crippen molar-refractivity contribution in [2.24, 2.45) is 28.6 Å². The van der Waals surface area contributed by atoms with Crippen LogP contribution in [0.5, 0.6) is 0 Å². The van der Waals surface area contributed by atoms with Crippen LogP contribution < -0.4 is 0 Å². The Kier molecular flexibility index (Phi) is 5.52. The van der Waals surface area contributed by atoms with Crippen LogP contribution in [-0.4, -0.2) is 51.0 Å². The van der Waals surface area contributed by atoms with Gasteiger partial charge in [0.25, 0.3) is 0 Å². The quantitative estimate of drug-likeness (QED) is 0.428. The van der Waals surface area contributed by atoms with E-state index < -0.39 is 34.1 Å². The van der Waals surface area contributed by atoms with Gasteiger partial charge < -0.3 is 20.1 Å². The Labute approximate surface area is 202 Å². The van der Waals surface area contributed by atoms with Crippen LogP contribution in [0.2, 0.25) is 0 Å². The first-order chi connectivity index (χ1) is 15.9. The highest BCUT2D eigenvalue weighted by Gasteiger charge is 2.70. The first kappa shape index (κ1) is 24.2. The van der Waals surface area contributed by atoms with Crippen molar-refractivity contribution < 1.29 is 29.6 Å². The summed E-state index contributed by atoms with van der Waals surface area (Å²) in [6, 6.07) is 0. The molecule has 0 amide bonds. The van der Waals surface area contributed by atoms with Crippen molar-refractivity contribution in [1.82, 2.24) is 0 Å². The third-order valence-electron chi connectivity index (χ3n) is 11.1. The molecule has 188 valence electrons. The van der Waals surface area contributed by atoms with Gasteiger partial charge in [0.1, 0.15) is 17.5 Å².